The maximum Gasteiger partial charge on any atom is 0.168 e. The van der Waals surface area contributed by atoms with Gasteiger partial charge in [-0.15, -0.1) is 0 Å². The molecule has 0 aliphatic carbocycles. The van der Waals surface area contributed by atoms with Crippen molar-refractivity contribution in [3.8, 4) is 5.75 Å². The molecular weight excluding hydrogens is 254 g/mol. The van der Waals surface area contributed by atoms with E-state index in [0.29, 0.717) is 12.6 Å². The van der Waals surface area contributed by atoms with Crippen molar-refractivity contribution in [3.63, 3.8) is 0 Å². The van der Waals surface area contributed by atoms with Crippen LogP contribution in [0.2, 0.25) is 0 Å². The largest absolute Gasteiger partial charge is 0.490 e. The van der Waals surface area contributed by atoms with Gasteiger partial charge in [-0.05, 0) is 38.4 Å². The van der Waals surface area contributed by atoms with E-state index in [1.807, 2.05) is 19.1 Å². The van der Waals surface area contributed by atoms with Gasteiger partial charge in [-0.25, -0.2) is 4.98 Å². The molecule has 2 atom stereocenters. The Bertz CT molecular complexity index is 441. The lowest BCUT2D eigenvalue weighted by Gasteiger charge is -2.35. The SMILES string of the molecule is CCOc1cccnc1NCC1CN2CCCC2CO1. The summed E-state index contributed by atoms with van der Waals surface area (Å²) in [4.78, 5) is 6.90. The minimum Gasteiger partial charge on any atom is -0.490 e. The first-order chi connectivity index (χ1) is 9.86. The first-order valence-corrected chi connectivity index (χ1v) is 7.54. The molecule has 3 rings (SSSR count). The van der Waals surface area contributed by atoms with Gasteiger partial charge in [0.2, 0.25) is 0 Å². The van der Waals surface area contributed by atoms with Crippen molar-refractivity contribution >= 4 is 5.82 Å². The van der Waals surface area contributed by atoms with Crippen molar-refractivity contribution in [1.29, 1.82) is 0 Å². The second kappa shape index (κ2) is 6.41. The lowest BCUT2D eigenvalue weighted by molar-refractivity contribution is -0.0416. The van der Waals surface area contributed by atoms with Crippen molar-refractivity contribution < 1.29 is 9.47 Å². The Kier molecular flexibility index (Phi) is 4.38. The minimum atomic E-state index is 0.237. The Balaban J connectivity index is 1.54. The van der Waals surface area contributed by atoms with Crippen LogP contribution in [0.4, 0.5) is 5.82 Å². The van der Waals surface area contributed by atoms with E-state index in [-0.39, 0.29) is 6.10 Å². The molecule has 0 bridgehead atoms. The molecule has 0 aromatic carbocycles. The van der Waals surface area contributed by atoms with E-state index in [1.165, 1.54) is 19.4 Å². The molecule has 2 aliphatic heterocycles. The van der Waals surface area contributed by atoms with Crippen LogP contribution < -0.4 is 10.1 Å². The lowest BCUT2D eigenvalue weighted by Crippen LogP contribution is -2.48. The van der Waals surface area contributed by atoms with Crippen LogP contribution in [0.15, 0.2) is 18.3 Å². The highest BCUT2D eigenvalue weighted by atomic mass is 16.5. The molecule has 2 saturated heterocycles. The van der Waals surface area contributed by atoms with Gasteiger partial charge in [0.1, 0.15) is 0 Å². The molecule has 2 unspecified atom stereocenters. The Hall–Kier alpha value is -1.33. The van der Waals surface area contributed by atoms with Crippen molar-refractivity contribution in [2.75, 3.05) is 38.2 Å². The molecule has 0 saturated carbocycles. The zero-order valence-corrected chi connectivity index (χ0v) is 12.0. The highest BCUT2D eigenvalue weighted by Crippen LogP contribution is 2.24. The number of morpholine rings is 1. The van der Waals surface area contributed by atoms with Crippen LogP contribution in [0, 0.1) is 0 Å². The summed E-state index contributed by atoms with van der Waals surface area (Å²) in [5.41, 5.74) is 0. The molecule has 2 fully saturated rings. The van der Waals surface area contributed by atoms with Gasteiger partial charge < -0.3 is 14.8 Å². The Morgan fingerprint density at radius 2 is 2.50 bits per heavy atom. The monoisotopic (exact) mass is 277 g/mol. The number of ether oxygens (including phenoxy) is 2. The quantitative estimate of drug-likeness (QED) is 0.888. The van der Waals surface area contributed by atoms with Crippen LogP contribution in [0.25, 0.3) is 0 Å². The average Bonchev–Trinajstić information content (AvgIpc) is 2.94. The maximum absolute atomic E-state index is 5.94. The van der Waals surface area contributed by atoms with Crippen LogP contribution in [-0.4, -0.2) is 54.9 Å². The number of rotatable bonds is 5. The fourth-order valence-corrected chi connectivity index (χ4v) is 3.01. The van der Waals surface area contributed by atoms with E-state index in [1.54, 1.807) is 6.20 Å². The molecule has 1 aromatic rings. The summed E-state index contributed by atoms with van der Waals surface area (Å²) in [6, 6.07) is 4.49. The number of aromatic nitrogens is 1. The van der Waals surface area contributed by atoms with Crippen molar-refractivity contribution in [2.45, 2.75) is 31.9 Å². The van der Waals surface area contributed by atoms with Crippen molar-refractivity contribution in [2.24, 2.45) is 0 Å². The van der Waals surface area contributed by atoms with Crippen molar-refractivity contribution in [1.82, 2.24) is 9.88 Å². The summed E-state index contributed by atoms with van der Waals surface area (Å²) in [5.74, 6) is 1.62. The van der Waals surface area contributed by atoms with Crippen LogP contribution in [0.5, 0.6) is 5.75 Å². The van der Waals surface area contributed by atoms with E-state index >= 15 is 0 Å². The third kappa shape index (κ3) is 3.04. The first-order valence-electron chi connectivity index (χ1n) is 7.54. The number of hydrogen-bond acceptors (Lipinski definition) is 5. The van der Waals surface area contributed by atoms with Crippen LogP contribution in [-0.2, 0) is 4.74 Å². The molecule has 110 valence electrons. The van der Waals surface area contributed by atoms with Gasteiger partial charge in [0.15, 0.2) is 11.6 Å². The highest BCUT2D eigenvalue weighted by molar-refractivity contribution is 5.49. The van der Waals surface area contributed by atoms with Crippen LogP contribution in [0.3, 0.4) is 0 Å². The number of anilines is 1. The number of hydrogen-bond donors (Lipinski definition) is 1. The highest BCUT2D eigenvalue weighted by Gasteiger charge is 2.32. The molecular formula is C15H23N3O2. The van der Waals surface area contributed by atoms with Gasteiger partial charge in [0.25, 0.3) is 0 Å². The summed E-state index contributed by atoms with van der Waals surface area (Å²) in [5, 5.41) is 3.36. The summed E-state index contributed by atoms with van der Waals surface area (Å²) in [7, 11) is 0. The van der Waals surface area contributed by atoms with Gasteiger partial charge in [0, 0.05) is 25.3 Å². The zero-order valence-electron chi connectivity index (χ0n) is 12.0. The Morgan fingerprint density at radius 3 is 3.40 bits per heavy atom. The molecule has 1 aromatic heterocycles. The average molecular weight is 277 g/mol. The molecule has 5 heteroatoms. The number of nitrogens with zero attached hydrogens (tertiary/aromatic N) is 2. The number of nitrogens with one attached hydrogen (secondary N) is 1. The molecule has 0 amide bonds. The van der Waals surface area contributed by atoms with E-state index in [9.17, 15) is 0 Å². The second-order valence-corrected chi connectivity index (χ2v) is 5.41. The third-order valence-corrected chi connectivity index (χ3v) is 4.03. The third-order valence-electron chi connectivity index (χ3n) is 4.03. The summed E-state index contributed by atoms with van der Waals surface area (Å²) < 4.78 is 11.5. The molecule has 20 heavy (non-hydrogen) atoms. The number of pyridine rings is 1. The Morgan fingerprint density at radius 1 is 1.55 bits per heavy atom. The molecule has 0 spiro atoms. The predicted octanol–water partition coefficient (Wildman–Crippen LogP) is 1.76. The predicted molar refractivity (Wildman–Crippen MR) is 78.2 cm³/mol. The maximum atomic E-state index is 5.94. The fourth-order valence-electron chi connectivity index (χ4n) is 3.01. The van der Waals surface area contributed by atoms with Gasteiger partial charge in [0.05, 0.1) is 19.3 Å². The normalized spacial score (nSPS) is 26.2. The van der Waals surface area contributed by atoms with E-state index in [0.717, 1.165) is 31.3 Å². The second-order valence-electron chi connectivity index (χ2n) is 5.41. The Labute approximate surface area is 120 Å². The van der Waals surface area contributed by atoms with E-state index in [4.69, 9.17) is 9.47 Å². The lowest BCUT2D eigenvalue weighted by atomic mass is 10.2. The summed E-state index contributed by atoms with van der Waals surface area (Å²) in [6.07, 6.45) is 4.61. The smallest absolute Gasteiger partial charge is 0.168 e. The molecule has 5 nitrogen and oxygen atoms in total. The van der Waals surface area contributed by atoms with Gasteiger partial charge in [-0.3, -0.25) is 4.90 Å². The molecule has 2 aliphatic rings. The first kappa shape index (κ1) is 13.6. The van der Waals surface area contributed by atoms with Crippen LogP contribution >= 0.6 is 0 Å². The van der Waals surface area contributed by atoms with Gasteiger partial charge >= 0.3 is 0 Å². The van der Waals surface area contributed by atoms with E-state index < -0.39 is 0 Å². The summed E-state index contributed by atoms with van der Waals surface area (Å²) in [6.45, 7) is 6.52. The summed E-state index contributed by atoms with van der Waals surface area (Å²) >= 11 is 0. The zero-order chi connectivity index (χ0) is 13.8. The molecule has 3 heterocycles. The topological polar surface area (TPSA) is 46.6 Å². The molecule has 1 N–H and O–H groups in total. The fraction of sp³-hybridized carbons (Fsp3) is 0.667. The van der Waals surface area contributed by atoms with Crippen molar-refractivity contribution in [3.05, 3.63) is 18.3 Å². The standard InChI is InChI=1S/C15H23N3O2/c1-2-19-14-6-3-7-16-15(14)17-9-13-10-18-8-4-5-12(18)11-20-13/h3,6-7,12-13H,2,4-5,8-11H2,1H3,(H,16,17). The van der Waals surface area contributed by atoms with E-state index in [2.05, 4.69) is 15.2 Å². The molecule has 0 radical (unpaired) electrons. The minimum absolute atomic E-state index is 0.237. The van der Waals surface area contributed by atoms with Gasteiger partial charge in [-0.2, -0.15) is 0 Å². The van der Waals surface area contributed by atoms with Gasteiger partial charge in [-0.1, -0.05) is 0 Å². The number of fused-ring (bicyclic) bond motifs is 1. The van der Waals surface area contributed by atoms with Crippen LogP contribution in [0.1, 0.15) is 19.8 Å².